The molecular formula is C10H5N3O3. The highest BCUT2D eigenvalue weighted by molar-refractivity contribution is 5.86. The Balaban J connectivity index is 3.55. The van der Waals surface area contributed by atoms with Gasteiger partial charge in [-0.2, -0.15) is 10.5 Å². The lowest BCUT2D eigenvalue weighted by molar-refractivity contribution is -0.385. The van der Waals surface area contributed by atoms with E-state index in [1.807, 2.05) is 6.07 Å². The molecule has 0 heterocycles. The van der Waals surface area contributed by atoms with Gasteiger partial charge in [-0.15, -0.1) is 0 Å². The van der Waals surface area contributed by atoms with Crippen LogP contribution in [0.5, 0.6) is 0 Å². The maximum atomic E-state index is 10.7. The van der Waals surface area contributed by atoms with Crippen molar-refractivity contribution in [3.8, 4) is 12.1 Å². The average Bonchev–Trinajstić information content (AvgIpc) is 2.28. The smallest absolute Gasteiger partial charge is 0.281 e. The molecule has 0 spiro atoms. The number of aldehydes is 1. The number of hydrogen-bond acceptors (Lipinski definition) is 5. The molecule has 16 heavy (non-hydrogen) atoms. The summed E-state index contributed by atoms with van der Waals surface area (Å²) in [6.45, 7) is 0. The molecule has 78 valence electrons. The number of hydrogen-bond donors (Lipinski definition) is 0. The number of nitriles is 2. The van der Waals surface area contributed by atoms with E-state index in [2.05, 4.69) is 0 Å². The zero-order chi connectivity index (χ0) is 12.1. The summed E-state index contributed by atoms with van der Waals surface area (Å²) >= 11 is 0. The molecule has 0 bridgehead atoms. The van der Waals surface area contributed by atoms with E-state index < -0.39 is 10.6 Å². The molecule has 0 atom stereocenters. The summed E-state index contributed by atoms with van der Waals surface area (Å²) in [5.74, 6) is 0. The SMILES string of the molecule is N#CCc1ccc([N+](=O)[O-])c(C=O)c1C#N. The molecule has 0 saturated carbocycles. The van der Waals surface area contributed by atoms with Crippen LogP contribution in [-0.4, -0.2) is 11.2 Å². The number of nitrogens with zero attached hydrogens (tertiary/aromatic N) is 3. The maximum absolute atomic E-state index is 10.7. The molecule has 6 heteroatoms. The minimum Gasteiger partial charge on any atom is -0.298 e. The zero-order valence-corrected chi connectivity index (χ0v) is 8.01. The summed E-state index contributed by atoms with van der Waals surface area (Å²) in [5, 5.41) is 27.9. The monoisotopic (exact) mass is 215 g/mol. The van der Waals surface area contributed by atoms with Gasteiger partial charge in [0.1, 0.15) is 11.6 Å². The quantitative estimate of drug-likeness (QED) is 0.429. The molecule has 0 fully saturated rings. The predicted octanol–water partition coefficient (Wildman–Crippen LogP) is 1.35. The van der Waals surface area contributed by atoms with Crippen LogP contribution >= 0.6 is 0 Å². The minimum atomic E-state index is -0.735. The van der Waals surface area contributed by atoms with E-state index in [9.17, 15) is 14.9 Å². The number of benzene rings is 1. The van der Waals surface area contributed by atoms with Crippen molar-refractivity contribution in [3.63, 3.8) is 0 Å². The molecule has 1 rings (SSSR count). The first-order chi connectivity index (χ1) is 7.65. The van der Waals surface area contributed by atoms with Gasteiger partial charge in [0.25, 0.3) is 5.69 Å². The van der Waals surface area contributed by atoms with Gasteiger partial charge in [0.2, 0.25) is 0 Å². The first kappa shape index (κ1) is 11.3. The molecule has 0 amide bonds. The van der Waals surface area contributed by atoms with Crippen LogP contribution in [0.4, 0.5) is 5.69 Å². The third-order valence-corrected chi connectivity index (χ3v) is 2.00. The Bertz CT molecular complexity index is 537. The number of rotatable bonds is 3. The lowest BCUT2D eigenvalue weighted by Crippen LogP contribution is -2.01. The van der Waals surface area contributed by atoms with Crippen molar-refractivity contribution >= 4 is 12.0 Å². The van der Waals surface area contributed by atoms with Gasteiger partial charge in [-0.1, -0.05) is 0 Å². The Hall–Kier alpha value is -2.73. The maximum Gasteiger partial charge on any atom is 0.281 e. The van der Waals surface area contributed by atoms with Gasteiger partial charge in [-0.3, -0.25) is 14.9 Å². The fourth-order valence-electron chi connectivity index (χ4n) is 1.30. The molecule has 0 unspecified atom stereocenters. The molecule has 0 aliphatic heterocycles. The Kier molecular flexibility index (Phi) is 3.31. The molecule has 0 saturated heterocycles. The highest BCUT2D eigenvalue weighted by Gasteiger charge is 2.19. The van der Waals surface area contributed by atoms with E-state index in [1.165, 1.54) is 6.07 Å². The lowest BCUT2D eigenvalue weighted by atomic mass is 9.99. The van der Waals surface area contributed by atoms with Crippen LogP contribution in [-0.2, 0) is 6.42 Å². The summed E-state index contributed by atoms with van der Waals surface area (Å²) in [7, 11) is 0. The molecule has 0 aliphatic rings. The van der Waals surface area contributed by atoms with Gasteiger partial charge < -0.3 is 0 Å². The van der Waals surface area contributed by atoms with E-state index >= 15 is 0 Å². The number of nitro groups is 1. The topological polar surface area (TPSA) is 108 Å². The third-order valence-electron chi connectivity index (χ3n) is 2.00. The van der Waals surface area contributed by atoms with E-state index in [-0.39, 0.29) is 23.8 Å². The summed E-state index contributed by atoms with van der Waals surface area (Å²) in [6, 6.07) is 5.96. The number of carbonyl (C=O) groups is 1. The average molecular weight is 215 g/mol. The van der Waals surface area contributed by atoms with Crippen molar-refractivity contribution in [3.05, 3.63) is 38.9 Å². The summed E-state index contributed by atoms with van der Waals surface area (Å²) in [5.41, 5.74) is -0.489. The second-order valence-electron chi connectivity index (χ2n) is 2.85. The largest absolute Gasteiger partial charge is 0.298 e. The van der Waals surface area contributed by atoms with E-state index in [0.717, 1.165) is 6.07 Å². The van der Waals surface area contributed by atoms with Crippen LogP contribution in [0.3, 0.4) is 0 Å². The van der Waals surface area contributed by atoms with Crippen molar-refractivity contribution in [2.45, 2.75) is 6.42 Å². The Morgan fingerprint density at radius 1 is 1.44 bits per heavy atom. The van der Waals surface area contributed by atoms with Gasteiger partial charge in [-0.05, 0) is 11.6 Å². The second-order valence-corrected chi connectivity index (χ2v) is 2.85. The molecule has 6 nitrogen and oxygen atoms in total. The van der Waals surface area contributed by atoms with Crippen molar-refractivity contribution in [2.24, 2.45) is 0 Å². The minimum absolute atomic E-state index is 0.0677. The first-order valence-electron chi connectivity index (χ1n) is 4.18. The summed E-state index contributed by atoms with van der Waals surface area (Å²) in [6.07, 6.45) is 0.194. The molecule has 0 N–H and O–H groups in total. The number of carbonyl (C=O) groups excluding carboxylic acids is 1. The van der Waals surface area contributed by atoms with Crippen LogP contribution in [0.15, 0.2) is 12.1 Å². The standard InChI is InChI=1S/C10H5N3O3/c11-4-3-7-1-2-10(13(15)16)9(6-14)8(7)5-12/h1-2,6H,3H2. The van der Waals surface area contributed by atoms with E-state index in [0.29, 0.717) is 5.56 Å². The molecule has 1 aromatic carbocycles. The molecule has 1 aromatic rings. The van der Waals surface area contributed by atoms with Crippen molar-refractivity contribution in [2.75, 3.05) is 0 Å². The van der Waals surface area contributed by atoms with Gasteiger partial charge in [-0.25, -0.2) is 0 Å². The van der Waals surface area contributed by atoms with Gasteiger partial charge in [0, 0.05) is 6.07 Å². The van der Waals surface area contributed by atoms with Crippen molar-refractivity contribution in [1.29, 1.82) is 10.5 Å². The Labute approximate surface area is 90.5 Å². The predicted molar refractivity (Wildman–Crippen MR) is 52.5 cm³/mol. The first-order valence-corrected chi connectivity index (χ1v) is 4.18. The highest BCUT2D eigenvalue weighted by atomic mass is 16.6. The van der Waals surface area contributed by atoms with Crippen LogP contribution in [0.25, 0.3) is 0 Å². The fourth-order valence-corrected chi connectivity index (χ4v) is 1.30. The van der Waals surface area contributed by atoms with Crippen LogP contribution < -0.4 is 0 Å². The fraction of sp³-hybridized carbons (Fsp3) is 0.100. The lowest BCUT2D eigenvalue weighted by Gasteiger charge is -2.02. The van der Waals surface area contributed by atoms with Crippen molar-refractivity contribution < 1.29 is 9.72 Å². The third kappa shape index (κ3) is 1.86. The van der Waals surface area contributed by atoms with Crippen LogP contribution in [0.2, 0.25) is 0 Å². The van der Waals surface area contributed by atoms with Gasteiger partial charge in [0.15, 0.2) is 6.29 Å². The zero-order valence-electron chi connectivity index (χ0n) is 8.01. The summed E-state index contributed by atoms with van der Waals surface area (Å²) in [4.78, 5) is 20.6. The number of nitro benzene ring substituents is 1. The molecule has 0 aromatic heterocycles. The highest BCUT2D eigenvalue weighted by Crippen LogP contribution is 2.23. The Morgan fingerprint density at radius 3 is 2.56 bits per heavy atom. The molecule has 0 radical (unpaired) electrons. The molecule has 0 aliphatic carbocycles. The van der Waals surface area contributed by atoms with E-state index in [1.54, 1.807) is 6.07 Å². The summed E-state index contributed by atoms with van der Waals surface area (Å²) < 4.78 is 0. The van der Waals surface area contributed by atoms with Crippen LogP contribution in [0.1, 0.15) is 21.5 Å². The normalized spacial score (nSPS) is 8.88. The van der Waals surface area contributed by atoms with Crippen molar-refractivity contribution in [1.82, 2.24) is 0 Å². The van der Waals surface area contributed by atoms with Gasteiger partial charge >= 0.3 is 0 Å². The second kappa shape index (κ2) is 4.67. The molecular weight excluding hydrogens is 210 g/mol. The van der Waals surface area contributed by atoms with Gasteiger partial charge in [0.05, 0.1) is 23.0 Å². The van der Waals surface area contributed by atoms with E-state index in [4.69, 9.17) is 10.5 Å². The van der Waals surface area contributed by atoms with Crippen LogP contribution in [0, 0.1) is 32.8 Å². The Morgan fingerprint density at radius 2 is 2.12 bits per heavy atom.